The number of ether oxygens (including phenoxy) is 2. The van der Waals surface area contributed by atoms with Crippen LogP contribution in [0, 0.1) is 5.41 Å². The molecule has 1 rings (SSSR count). The molecule has 0 radical (unpaired) electrons. The van der Waals surface area contributed by atoms with Crippen LogP contribution in [0.5, 0.6) is 5.75 Å². The third-order valence-electron chi connectivity index (χ3n) is 3.45. The Morgan fingerprint density at radius 1 is 1.25 bits per heavy atom. The van der Waals surface area contributed by atoms with Crippen LogP contribution in [0.15, 0.2) is 29.3 Å². The predicted octanol–water partition coefficient (Wildman–Crippen LogP) is 1.28. The number of nitrogens with two attached hydrogens (primary N) is 1. The molecule has 0 aliphatic heterocycles. The summed E-state index contributed by atoms with van der Waals surface area (Å²) in [7, 11) is 5.50. The van der Waals surface area contributed by atoms with Crippen LogP contribution in [-0.2, 0) is 4.74 Å². The monoisotopic (exact) mass is 335 g/mol. The summed E-state index contributed by atoms with van der Waals surface area (Å²) in [6.45, 7) is 3.04. The van der Waals surface area contributed by atoms with Crippen molar-refractivity contribution < 1.29 is 9.47 Å². The van der Waals surface area contributed by atoms with Gasteiger partial charge in [0.15, 0.2) is 5.96 Å². The second-order valence-electron chi connectivity index (χ2n) is 5.38. The maximum atomic E-state index is 7.35. The van der Waals surface area contributed by atoms with Gasteiger partial charge in [-0.2, -0.15) is 0 Å². The van der Waals surface area contributed by atoms with E-state index in [0.717, 1.165) is 44.2 Å². The van der Waals surface area contributed by atoms with E-state index in [1.807, 2.05) is 19.2 Å². The number of nitrogen functional groups attached to an aromatic ring is 1. The quantitative estimate of drug-likeness (QED) is 0.340. The van der Waals surface area contributed by atoms with Gasteiger partial charge in [0.1, 0.15) is 11.6 Å². The van der Waals surface area contributed by atoms with Crippen LogP contribution >= 0.6 is 0 Å². The lowest BCUT2D eigenvalue weighted by molar-refractivity contribution is 0.188. The van der Waals surface area contributed by atoms with Crippen molar-refractivity contribution >= 4 is 11.8 Å². The van der Waals surface area contributed by atoms with Crippen LogP contribution in [0.3, 0.4) is 0 Å². The van der Waals surface area contributed by atoms with E-state index in [1.165, 1.54) is 0 Å². The molecular formula is C17H29N5O2. The number of hydrogen-bond acceptors (Lipinski definition) is 4. The van der Waals surface area contributed by atoms with Crippen molar-refractivity contribution in [1.82, 2.24) is 10.2 Å². The van der Waals surface area contributed by atoms with Gasteiger partial charge in [-0.05, 0) is 37.1 Å². The van der Waals surface area contributed by atoms with E-state index in [-0.39, 0.29) is 5.84 Å². The van der Waals surface area contributed by atoms with E-state index in [1.54, 1.807) is 26.3 Å². The second kappa shape index (κ2) is 11.3. The Balaban J connectivity index is 2.23. The Hall–Kier alpha value is -2.28. The Bertz CT molecular complexity index is 516. The topological polar surface area (TPSA) is 96.0 Å². The molecule has 0 saturated heterocycles. The normalized spacial score (nSPS) is 11.2. The number of guanidine groups is 1. The van der Waals surface area contributed by atoms with Crippen LogP contribution in [0.4, 0.5) is 0 Å². The molecule has 134 valence electrons. The van der Waals surface area contributed by atoms with E-state index in [9.17, 15) is 0 Å². The lowest BCUT2D eigenvalue weighted by Gasteiger charge is -2.21. The average molecular weight is 335 g/mol. The summed E-state index contributed by atoms with van der Waals surface area (Å²) < 4.78 is 10.7. The highest BCUT2D eigenvalue weighted by molar-refractivity contribution is 5.94. The fourth-order valence-corrected chi connectivity index (χ4v) is 2.13. The molecule has 7 nitrogen and oxygen atoms in total. The molecule has 0 fully saturated rings. The van der Waals surface area contributed by atoms with Crippen molar-refractivity contribution in [3.05, 3.63) is 29.8 Å². The third-order valence-corrected chi connectivity index (χ3v) is 3.45. The predicted molar refractivity (Wildman–Crippen MR) is 98.1 cm³/mol. The van der Waals surface area contributed by atoms with Crippen LogP contribution in [0.1, 0.15) is 18.4 Å². The minimum absolute atomic E-state index is 0.0618. The standard InChI is InChI=1S/C17H29N5O2/c1-20-17(22(2)11-5-12-23-3)21-10-4-13-24-15-8-6-14(7-9-15)16(18)19/h6-9H,4-5,10-13H2,1-3H3,(H3,18,19)(H,20,21). The molecule has 4 N–H and O–H groups in total. The highest BCUT2D eigenvalue weighted by atomic mass is 16.5. The molecule has 0 bridgehead atoms. The highest BCUT2D eigenvalue weighted by Gasteiger charge is 2.04. The Labute approximate surface area is 144 Å². The zero-order valence-corrected chi connectivity index (χ0v) is 14.8. The summed E-state index contributed by atoms with van der Waals surface area (Å²) >= 11 is 0. The molecule has 1 aromatic carbocycles. The van der Waals surface area contributed by atoms with Gasteiger partial charge < -0.3 is 25.4 Å². The maximum Gasteiger partial charge on any atom is 0.193 e. The van der Waals surface area contributed by atoms with Gasteiger partial charge in [-0.15, -0.1) is 0 Å². The molecule has 0 atom stereocenters. The molecule has 0 spiro atoms. The fraction of sp³-hybridized carbons (Fsp3) is 0.529. The molecule has 0 saturated carbocycles. The number of methoxy groups -OCH3 is 1. The molecule has 0 unspecified atom stereocenters. The first-order valence-electron chi connectivity index (χ1n) is 8.06. The average Bonchev–Trinajstić information content (AvgIpc) is 2.58. The van der Waals surface area contributed by atoms with Gasteiger partial charge in [-0.3, -0.25) is 10.4 Å². The lowest BCUT2D eigenvalue weighted by atomic mass is 10.2. The van der Waals surface area contributed by atoms with Gasteiger partial charge in [-0.1, -0.05) is 0 Å². The smallest absolute Gasteiger partial charge is 0.193 e. The van der Waals surface area contributed by atoms with E-state index >= 15 is 0 Å². The van der Waals surface area contributed by atoms with Crippen molar-refractivity contribution in [2.45, 2.75) is 12.8 Å². The SMILES string of the molecule is C/N=C(/NCCCOc1ccc(C(=N)N)cc1)N(C)CCCOC. The van der Waals surface area contributed by atoms with Crippen LogP contribution < -0.4 is 15.8 Å². The molecule has 0 aromatic heterocycles. The number of rotatable bonds is 10. The Morgan fingerprint density at radius 3 is 2.54 bits per heavy atom. The van der Waals surface area contributed by atoms with Crippen LogP contribution in [0.25, 0.3) is 0 Å². The van der Waals surface area contributed by atoms with Gasteiger partial charge in [0, 0.05) is 46.5 Å². The number of nitrogens with one attached hydrogen (secondary N) is 2. The molecule has 0 amide bonds. The van der Waals surface area contributed by atoms with E-state index in [4.69, 9.17) is 20.6 Å². The van der Waals surface area contributed by atoms with E-state index in [0.29, 0.717) is 12.2 Å². The second-order valence-corrected chi connectivity index (χ2v) is 5.38. The third kappa shape index (κ3) is 7.32. The number of nitrogens with zero attached hydrogens (tertiary/aromatic N) is 2. The van der Waals surface area contributed by atoms with Gasteiger partial charge in [-0.25, -0.2) is 0 Å². The van der Waals surface area contributed by atoms with Gasteiger partial charge in [0.2, 0.25) is 0 Å². The first kappa shape index (κ1) is 19.8. The molecule has 0 aliphatic rings. The zero-order chi connectivity index (χ0) is 17.8. The van der Waals surface area contributed by atoms with E-state index < -0.39 is 0 Å². The summed E-state index contributed by atoms with van der Waals surface area (Å²) in [4.78, 5) is 6.35. The number of benzene rings is 1. The minimum Gasteiger partial charge on any atom is -0.494 e. The minimum atomic E-state index is 0.0618. The summed E-state index contributed by atoms with van der Waals surface area (Å²) in [5.41, 5.74) is 6.12. The summed E-state index contributed by atoms with van der Waals surface area (Å²) in [5.74, 6) is 1.71. The largest absolute Gasteiger partial charge is 0.494 e. The van der Waals surface area contributed by atoms with Crippen molar-refractivity contribution in [2.24, 2.45) is 10.7 Å². The molecule has 0 aliphatic carbocycles. The van der Waals surface area contributed by atoms with E-state index in [2.05, 4.69) is 15.2 Å². The number of hydrogen-bond donors (Lipinski definition) is 3. The maximum absolute atomic E-state index is 7.35. The van der Waals surface area contributed by atoms with Gasteiger partial charge in [0.05, 0.1) is 6.61 Å². The lowest BCUT2D eigenvalue weighted by Crippen LogP contribution is -2.40. The van der Waals surface area contributed by atoms with Crippen molar-refractivity contribution in [3.8, 4) is 5.75 Å². The zero-order valence-electron chi connectivity index (χ0n) is 14.8. The molecule has 0 heterocycles. The van der Waals surface area contributed by atoms with Crippen molar-refractivity contribution in [2.75, 3.05) is 47.5 Å². The Morgan fingerprint density at radius 2 is 1.96 bits per heavy atom. The molecule has 7 heteroatoms. The molecular weight excluding hydrogens is 306 g/mol. The first-order chi connectivity index (χ1) is 11.6. The van der Waals surface area contributed by atoms with Crippen LogP contribution in [0.2, 0.25) is 0 Å². The summed E-state index contributed by atoms with van der Waals surface area (Å²) in [6.07, 6.45) is 1.83. The fourth-order valence-electron chi connectivity index (χ4n) is 2.13. The number of amidine groups is 1. The summed E-state index contributed by atoms with van der Waals surface area (Å²) in [6, 6.07) is 7.22. The van der Waals surface area contributed by atoms with Crippen molar-refractivity contribution in [3.63, 3.8) is 0 Å². The Kier molecular flexibility index (Phi) is 9.29. The molecule has 24 heavy (non-hydrogen) atoms. The van der Waals surface area contributed by atoms with Crippen molar-refractivity contribution in [1.29, 1.82) is 5.41 Å². The van der Waals surface area contributed by atoms with Crippen LogP contribution in [-0.4, -0.2) is 64.2 Å². The molecule has 1 aromatic rings. The van der Waals surface area contributed by atoms with Gasteiger partial charge >= 0.3 is 0 Å². The highest BCUT2D eigenvalue weighted by Crippen LogP contribution is 2.11. The first-order valence-corrected chi connectivity index (χ1v) is 8.06. The number of aliphatic imine (C=N–C) groups is 1. The van der Waals surface area contributed by atoms with Gasteiger partial charge in [0.25, 0.3) is 0 Å². The summed E-state index contributed by atoms with van der Waals surface area (Å²) in [5, 5.41) is 10.7.